The summed E-state index contributed by atoms with van der Waals surface area (Å²) >= 11 is 8.13. The van der Waals surface area contributed by atoms with E-state index in [0.717, 1.165) is 18.6 Å². The van der Waals surface area contributed by atoms with Gasteiger partial charge in [-0.3, -0.25) is 0 Å². The lowest BCUT2D eigenvalue weighted by Crippen LogP contribution is -2.61. The summed E-state index contributed by atoms with van der Waals surface area (Å²) in [5, 5.41) is 60.2. The molecular weight excluding hydrogens is 428 g/mol. The van der Waals surface area contributed by atoms with Crippen molar-refractivity contribution in [1.82, 2.24) is 0 Å². The van der Waals surface area contributed by atoms with Crippen LogP contribution < -0.4 is 0 Å². The van der Waals surface area contributed by atoms with Gasteiger partial charge in [-0.2, -0.15) is 25.3 Å². The molecule has 0 bridgehead atoms. The molecule has 0 aromatic carbocycles. The lowest BCUT2D eigenvalue weighted by molar-refractivity contribution is -0.321. The van der Waals surface area contributed by atoms with Crippen molar-refractivity contribution in [3.63, 3.8) is 0 Å². The van der Waals surface area contributed by atoms with Crippen molar-refractivity contribution in [3.8, 4) is 0 Å². The molecule has 0 aromatic heterocycles. The minimum Gasteiger partial charge on any atom is -0.504 e. The molecule has 29 heavy (non-hydrogen) atoms. The second kappa shape index (κ2) is 11.8. The number of unbranched alkanes of at least 4 members (excludes halogenated alkanes) is 2. The SMILES string of the molecule is OCC1OC(OCCCCCS)=C(O)C(O)[C@H]1O[C@@H]1OC(CS)[C@H](O)C(O)C1O. The zero-order valence-corrected chi connectivity index (χ0v) is 17.6. The van der Waals surface area contributed by atoms with Crippen LogP contribution in [0.25, 0.3) is 0 Å². The Morgan fingerprint density at radius 1 is 0.931 bits per heavy atom. The van der Waals surface area contributed by atoms with Gasteiger partial charge in [-0.05, 0) is 25.0 Å². The van der Waals surface area contributed by atoms with E-state index in [1.54, 1.807) is 0 Å². The maximum absolute atomic E-state index is 10.4. The van der Waals surface area contributed by atoms with E-state index in [2.05, 4.69) is 25.3 Å². The Morgan fingerprint density at radius 2 is 1.66 bits per heavy atom. The standard InChI is InChI=1S/C17H30O10S2/c18-6-8-15(27-17-13(22)11(20)10(19)9(7-29)26-17)12(21)14(23)16(25-8)24-4-2-1-3-5-28/h8-13,15,17-23,28-29H,1-7H2/t8?,9?,10-,11?,12?,13?,15-,17-/m0/s1. The Kier molecular flexibility index (Phi) is 10.1. The van der Waals surface area contributed by atoms with Crippen LogP contribution in [0.15, 0.2) is 11.7 Å². The van der Waals surface area contributed by atoms with Crippen LogP contribution in [0, 0.1) is 0 Å². The van der Waals surface area contributed by atoms with E-state index in [1.165, 1.54) is 0 Å². The highest BCUT2D eigenvalue weighted by Crippen LogP contribution is 2.30. The van der Waals surface area contributed by atoms with Gasteiger partial charge in [0.25, 0.3) is 0 Å². The Balaban J connectivity index is 2.05. The van der Waals surface area contributed by atoms with Gasteiger partial charge in [-0.1, -0.05) is 0 Å². The third-order valence-corrected chi connectivity index (χ3v) is 5.46. The third kappa shape index (κ3) is 6.05. The monoisotopic (exact) mass is 458 g/mol. The number of rotatable bonds is 10. The first-order valence-electron chi connectivity index (χ1n) is 9.44. The van der Waals surface area contributed by atoms with Crippen LogP contribution >= 0.6 is 25.3 Å². The zero-order valence-electron chi connectivity index (χ0n) is 15.8. The van der Waals surface area contributed by atoms with E-state index in [1.807, 2.05) is 0 Å². The molecule has 2 aliphatic rings. The molecule has 8 atom stereocenters. The molecule has 1 fully saturated rings. The maximum atomic E-state index is 10.4. The van der Waals surface area contributed by atoms with Gasteiger partial charge in [0.05, 0.1) is 19.3 Å². The lowest BCUT2D eigenvalue weighted by atomic mass is 9.99. The Morgan fingerprint density at radius 3 is 2.28 bits per heavy atom. The molecule has 0 aromatic rings. The van der Waals surface area contributed by atoms with E-state index in [9.17, 15) is 30.6 Å². The van der Waals surface area contributed by atoms with Gasteiger partial charge in [0.2, 0.25) is 5.76 Å². The normalized spacial score (nSPS) is 38.0. The van der Waals surface area contributed by atoms with Crippen molar-refractivity contribution in [1.29, 1.82) is 0 Å². The minimum atomic E-state index is -1.64. The molecular formula is C17H30O10S2. The predicted octanol–water partition coefficient (Wildman–Crippen LogP) is -1.30. The van der Waals surface area contributed by atoms with Gasteiger partial charge >= 0.3 is 5.95 Å². The number of aliphatic hydroxyl groups excluding tert-OH is 6. The smallest absolute Gasteiger partial charge is 0.322 e. The molecule has 2 aliphatic heterocycles. The zero-order chi connectivity index (χ0) is 21.6. The first-order valence-corrected chi connectivity index (χ1v) is 10.7. The van der Waals surface area contributed by atoms with Crippen molar-refractivity contribution in [2.45, 2.75) is 68.3 Å². The average Bonchev–Trinajstić information content (AvgIpc) is 2.72. The van der Waals surface area contributed by atoms with Gasteiger partial charge in [0.1, 0.15) is 30.5 Å². The number of hydrogen-bond donors (Lipinski definition) is 8. The molecule has 0 amide bonds. The molecule has 2 rings (SSSR count). The second-order valence-electron chi connectivity index (χ2n) is 6.89. The second-order valence-corrected chi connectivity index (χ2v) is 7.70. The molecule has 170 valence electrons. The summed E-state index contributed by atoms with van der Waals surface area (Å²) in [5.74, 6) is -0.139. The van der Waals surface area contributed by atoms with E-state index in [-0.39, 0.29) is 18.3 Å². The molecule has 0 radical (unpaired) electrons. The van der Waals surface area contributed by atoms with Crippen LogP contribution in [0.3, 0.4) is 0 Å². The summed E-state index contributed by atoms with van der Waals surface area (Å²) in [6.07, 6.45) is -8.61. The summed E-state index contributed by atoms with van der Waals surface area (Å²) < 4.78 is 21.7. The van der Waals surface area contributed by atoms with Gasteiger partial charge < -0.3 is 49.6 Å². The molecule has 5 unspecified atom stereocenters. The molecule has 10 nitrogen and oxygen atoms in total. The highest BCUT2D eigenvalue weighted by Gasteiger charge is 2.48. The summed E-state index contributed by atoms with van der Waals surface area (Å²) in [6, 6.07) is 0. The van der Waals surface area contributed by atoms with Crippen LogP contribution in [0.5, 0.6) is 0 Å². The van der Waals surface area contributed by atoms with E-state index in [0.29, 0.717) is 6.42 Å². The van der Waals surface area contributed by atoms with Gasteiger partial charge in [-0.15, -0.1) is 0 Å². The first-order chi connectivity index (χ1) is 13.8. The predicted molar refractivity (Wildman–Crippen MR) is 107 cm³/mol. The molecule has 0 spiro atoms. The topological polar surface area (TPSA) is 158 Å². The molecule has 0 saturated carbocycles. The highest BCUT2D eigenvalue weighted by atomic mass is 32.1. The quantitative estimate of drug-likeness (QED) is 0.146. The molecule has 0 aliphatic carbocycles. The molecule has 12 heteroatoms. The fourth-order valence-electron chi connectivity index (χ4n) is 3.05. The third-order valence-electron chi connectivity index (χ3n) is 4.78. The van der Waals surface area contributed by atoms with Crippen molar-refractivity contribution < 1.29 is 49.6 Å². The van der Waals surface area contributed by atoms with Crippen molar-refractivity contribution in [2.75, 3.05) is 24.7 Å². The molecule has 1 saturated heterocycles. The average molecular weight is 459 g/mol. The van der Waals surface area contributed by atoms with Crippen LogP contribution in [-0.2, 0) is 18.9 Å². The first kappa shape index (κ1) is 24.8. The van der Waals surface area contributed by atoms with Gasteiger partial charge in [0.15, 0.2) is 12.4 Å². The number of aliphatic hydroxyl groups is 6. The fraction of sp³-hybridized carbons (Fsp3) is 0.882. The van der Waals surface area contributed by atoms with Gasteiger partial charge in [0, 0.05) is 5.75 Å². The molecule has 6 N–H and O–H groups in total. The van der Waals surface area contributed by atoms with E-state index < -0.39 is 61.4 Å². The number of hydrogen-bond acceptors (Lipinski definition) is 12. The van der Waals surface area contributed by atoms with Crippen molar-refractivity contribution in [3.05, 3.63) is 11.7 Å². The summed E-state index contributed by atoms with van der Waals surface area (Å²) in [7, 11) is 0. The number of thiol groups is 2. The summed E-state index contributed by atoms with van der Waals surface area (Å²) in [6.45, 7) is -0.354. The van der Waals surface area contributed by atoms with Crippen LogP contribution in [-0.4, -0.2) is 104 Å². The largest absolute Gasteiger partial charge is 0.504 e. The Labute approximate surface area is 179 Å². The van der Waals surface area contributed by atoms with Crippen molar-refractivity contribution >= 4 is 25.3 Å². The van der Waals surface area contributed by atoms with E-state index in [4.69, 9.17) is 18.9 Å². The van der Waals surface area contributed by atoms with E-state index >= 15 is 0 Å². The summed E-state index contributed by atoms with van der Waals surface area (Å²) in [5.41, 5.74) is 0. The maximum Gasteiger partial charge on any atom is 0.322 e. The van der Waals surface area contributed by atoms with Crippen LogP contribution in [0.4, 0.5) is 0 Å². The van der Waals surface area contributed by atoms with Crippen LogP contribution in [0.1, 0.15) is 19.3 Å². The van der Waals surface area contributed by atoms with Crippen molar-refractivity contribution in [2.24, 2.45) is 0 Å². The van der Waals surface area contributed by atoms with Gasteiger partial charge in [-0.25, -0.2) is 0 Å². The lowest BCUT2D eigenvalue weighted by Gasteiger charge is -2.43. The molecule has 2 heterocycles. The fourth-order valence-corrected chi connectivity index (χ4v) is 3.57. The minimum absolute atomic E-state index is 0.0360. The number of ether oxygens (including phenoxy) is 4. The Hall–Kier alpha value is -0.440. The summed E-state index contributed by atoms with van der Waals surface area (Å²) in [4.78, 5) is 0. The van der Waals surface area contributed by atoms with Crippen LogP contribution in [0.2, 0.25) is 0 Å². The Bertz CT molecular complexity index is 534. The highest BCUT2D eigenvalue weighted by molar-refractivity contribution is 7.80.